The van der Waals surface area contributed by atoms with E-state index in [0.29, 0.717) is 0 Å². The fraction of sp³-hybridized carbons (Fsp3) is 0.867. The summed E-state index contributed by atoms with van der Waals surface area (Å²) < 4.78 is 10.7. The maximum absolute atomic E-state index is 11.8. The maximum atomic E-state index is 11.8. The minimum atomic E-state index is -0.525. The van der Waals surface area contributed by atoms with Gasteiger partial charge < -0.3 is 14.8 Å². The Kier molecular flexibility index (Phi) is 5.84. The van der Waals surface area contributed by atoms with Crippen LogP contribution in [0.15, 0.2) is 0 Å². The highest BCUT2D eigenvalue weighted by Crippen LogP contribution is 2.22. The Bertz CT molecular complexity index is 346. The second kappa shape index (κ2) is 6.95. The van der Waals surface area contributed by atoms with Gasteiger partial charge in [-0.25, -0.2) is 4.79 Å². The molecule has 0 aromatic rings. The summed E-state index contributed by atoms with van der Waals surface area (Å²) in [7, 11) is 0. The van der Waals surface area contributed by atoms with Gasteiger partial charge >= 0.3 is 12.1 Å². The topological polar surface area (TPSA) is 64.6 Å². The normalized spacial score (nSPS) is 23.3. The zero-order valence-corrected chi connectivity index (χ0v) is 13.2. The van der Waals surface area contributed by atoms with E-state index < -0.39 is 11.7 Å². The molecule has 0 aromatic carbocycles. The summed E-state index contributed by atoms with van der Waals surface area (Å²) in [5.41, 5.74) is -0.525. The van der Waals surface area contributed by atoms with Gasteiger partial charge in [0, 0.05) is 0 Å². The minimum Gasteiger partial charge on any atom is -0.460 e. The fourth-order valence-electron chi connectivity index (χ4n) is 2.15. The van der Waals surface area contributed by atoms with E-state index in [2.05, 4.69) is 5.32 Å². The van der Waals surface area contributed by atoms with Crippen LogP contribution in [-0.2, 0) is 14.3 Å². The van der Waals surface area contributed by atoms with Crippen molar-refractivity contribution in [3.8, 4) is 0 Å². The molecule has 1 aliphatic carbocycles. The van der Waals surface area contributed by atoms with E-state index in [-0.39, 0.29) is 24.0 Å². The Morgan fingerprint density at radius 1 is 1.15 bits per heavy atom. The van der Waals surface area contributed by atoms with Crippen molar-refractivity contribution in [1.29, 1.82) is 0 Å². The van der Waals surface area contributed by atoms with Crippen molar-refractivity contribution < 1.29 is 19.1 Å². The molecular weight excluding hydrogens is 258 g/mol. The van der Waals surface area contributed by atoms with Crippen LogP contribution in [0.25, 0.3) is 0 Å². The molecule has 20 heavy (non-hydrogen) atoms. The highest BCUT2D eigenvalue weighted by molar-refractivity contribution is 5.72. The number of esters is 1. The van der Waals surface area contributed by atoms with Gasteiger partial charge in [-0.2, -0.15) is 0 Å². The number of hydrogen-bond donors (Lipinski definition) is 1. The summed E-state index contributed by atoms with van der Waals surface area (Å²) in [5.74, 6) is -0.369. The monoisotopic (exact) mass is 285 g/mol. The Labute approximate surface area is 121 Å². The molecular formula is C15H27NO4. The standard InChI is InChI=1S/C15H27NO4/c1-10(2)13(17)19-12-9-7-6-8-11(12)16-14(18)20-15(3,4)5/h10-12H,6-9H2,1-5H3,(H,16,18)/t11-,12+/m1/s1. The highest BCUT2D eigenvalue weighted by atomic mass is 16.6. The van der Waals surface area contributed by atoms with Crippen molar-refractivity contribution in [2.75, 3.05) is 0 Å². The van der Waals surface area contributed by atoms with Crippen molar-refractivity contribution >= 4 is 12.1 Å². The van der Waals surface area contributed by atoms with Gasteiger partial charge in [0.15, 0.2) is 0 Å². The number of rotatable bonds is 3. The molecule has 0 saturated heterocycles. The van der Waals surface area contributed by atoms with Gasteiger partial charge in [0.25, 0.3) is 0 Å². The molecule has 0 bridgehead atoms. The molecule has 116 valence electrons. The van der Waals surface area contributed by atoms with Crippen LogP contribution in [0.2, 0.25) is 0 Å². The van der Waals surface area contributed by atoms with Crippen molar-refractivity contribution in [2.24, 2.45) is 5.92 Å². The first-order valence-electron chi connectivity index (χ1n) is 7.39. The predicted molar refractivity (Wildman–Crippen MR) is 76.3 cm³/mol. The zero-order chi connectivity index (χ0) is 15.3. The van der Waals surface area contributed by atoms with Crippen LogP contribution in [0.3, 0.4) is 0 Å². The van der Waals surface area contributed by atoms with Gasteiger partial charge in [-0.1, -0.05) is 20.3 Å². The number of carbonyl (C=O) groups is 2. The van der Waals surface area contributed by atoms with Crippen LogP contribution >= 0.6 is 0 Å². The van der Waals surface area contributed by atoms with E-state index in [9.17, 15) is 9.59 Å². The minimum absolute atomic E-state index is 0.152. The van der Waals surface area contributed by atoms with Gasteiger partial charge in [-0.05, 0) is 40.0 Å². The van der Waals surface area contributed by atoms with Crippen LogP contribution in [0.4, 0.5) is 4.79 Å². The van der Waals surface area contributed by atoms with Gasteiger partial charge in [0.2, 0.25) is 0 Å². The number of amides is 1. The van der Waals surface area contributed by atoms with Gasteiger partial charge in [0.05, 0.1) is 12.0 Å². The lowest BCUT2D eigenvalue weighted by molar-refractivity contribution is -0.155. The molecule has 1 saturated carbocycles. The van der Waals surface area contributed by atoms with Crippen molar-refractivity contribution in [3.63, 3.8) is 0 Å². The van der Waals surface area contributed by atoms with Crippen LogP contribution in [-0.4, -0.2) is 29.8 Å². The fourth-order valence-corrected chi connectivity index (χ4v) is 2.15. The average Bonchev–Trinajstić information content (AvgIpc) is 2.28. The second-order valence-corrected chi connectivity index (χ2v) is 6.67. The van der Waals surface area contributed by atoms with Crippen LogP contribution in [0.5, 0.6) is 0 Å². The van der Waals surface area contributed by atoms with E-state index in [4.69, 9.17) is 9.47 Å². The van der Waals surface area contributed by atoms with Gasteiger partial charge in [-0.3, -0.25) is 4.79 Å². The Morgan fingerprint density at radius 3 is 2.30 bits per heavy atom. The van der Waals surface area contributed by atoms with Crippen LogP contribution < -0.4 is 5.32 Å². The molecule has 0 aromatic heterocycles. The third-order valence-corrected chi connectivity index (χ3v) is 3.14. The van der Waals surface area contributed by atoms with Gasteiger partial charge in [-0.15, -0.1) is 0 Å². The van der Waals surface area contributed by atoms with E-state index >= 15 is 0 Å². The Balaban J connectivity index is 2.56. The number of nitrogens with one attached hydrogen (secondary N) is 1. The molecule has 0 unspecified atom stereocenters. The molecule has 5 nitrogen and oxygen atoms in total. The first-order chi connectivity index (χ1) is 9.19. The predicted octanol–water partition coefficient (Wildman–Crippen LogP) is 3.02. The molecule has 1 N–H and O–H groups in total. The summed E-state index contributed by atoms with van der Waals surface area (Å²) in [5, 5.41) is 2.83. The Hall–Kier alpha value is -1.26. The number of ether oxygens (including phenoxy) is 2. The number of hydrogen-bond acceptors (Lipinski definition) is 4. The second-order valence-electron chi connectivity index (χ2n) is 6.67. The molecule has 1 fully saturated rings. The van der Waals surface area contributed by atoms with Crippen molar-refractivity contribution in [1.82, 2.24) is 5.32 Å². The molecule has 0 spiro atoms. The molecule has 2 atom stereocenters. The Morgan fingerprint density at radius 2 is 1.75 bits per heavy atom. The lowest BCUT2D eigenvalue weighted by Gasteiger charge is -2.32. The van der Waals surface area contributed by atoms with Crippen LogP contribution in [0, 0.1) is 5.92 Å². The lowest BCUT2D eigenvalue weighted by Crippen LogP contribution is -2.48. The summed E-state index contributed by atoms with van der Waals surface area (Å²) in [6, 6.07) is -0.152. The van der Waals surface area contributed by atoms with E-state index in [0.717, 1.165) is 25.7 Å². The van der Waals surface area contributed by atoms with E-state index in [1.165, 1.54) is 0 Å². The first-order valence-corrected chi connectivity index (χ1v) is 7.39. The quantitative estimate of drug-likeness (QED) is 0.809. The van der Waals surface area contributed by atoms with Crippen molar-refractivity contribution in [3.05, 3.63) is 0 Å². The van der Waals surface area contributed by atoms with Crippen LogP contribution in [0.1, 0.15) is 60.3 Å². The maximum Gasteiger partial charge on any atom is 0.408 e. The average molecular weight is 285 g/mol. The van der Waals surface area contributed by atoms with E-state index in [1.807, 2.05) is 34.6 Å². The molecule has 0 heterocycles. The summed E-state index contributed by atoms with van der Waals surface area (Å²) in [4.78, 5) is 23.5. The third kappa shape index (κ3) is 5.80. The molecule has 1 rings (SSSR count). The number of alkyl carbamates (subject to hydrolysis) is 1. The molecule has 5 heteroatoms. The van der Waals surface area contributed by atoms with Gasteiger partial charge in [0.1, 0.15) is 11.7 Å². The zero-order valence-electron chi connectivity index (χ0n) is 13.2. The number of carbonyl (C=O) groups excluding carboxylic acids is 2. The molecule has 1 aliphatic rings. The smallest absolute Gasteiger partial charge is 0.408 e. The van der Waals surface area contributed by atoms with Crippen molar-refractivity contribution in [2.45, 2.75) is 78.0 Å². The van der Waals surface area contributed by atoms with E-state index in [1.54, 1.807) is 0 Å². The third-order valence-electron chi connectivity index (χ3n) is 3.14. The summed E-state index contributed by atoms with van der Waals surface area (Å²) in [6.07, 6.45) is 2.95. The summed E-state index contributed by atoms with van der Waals surface area (Å²) >= 11 is 0. The largest absolute Gasteiger partial charge is 0.460 e. The molecule has 1 amide bonds. The lowest BCUT2D eigenvalue weighted by atomic mass is 9.92. The molecule has 0 aliphatic heterocycles. The SMILES string of the molecule is CC(C)C(=O)O[C@H]1CCCC[C@H]1NC(=O)OC(C)(C)C. The molecule has 0 radical (unpaired) electrons. The highest BCUT2D eigenvalue weighted by Gasteiger charge is 2.31. The first kappa shape index (κ1) is 16.8. The summed E-state index contributed by atoms with van der Waals surface area (Å²) in [6.45, 7) is 9.08.